The topological polar surface area (TPSA) is 239 Å². The van der Waals surface area contributed by atoms with Crippen LogP contribution in [0.4, 0.5) is 0 Å². The van der Waals surface area contributed by atoms with Gasteiger partial charge in [-0.05, 0) is 81.0 Å². The van der Waals surface area contributed by atoms with Crippen molar-refractivity contribution in [2.24, 2.45) is 29.6 Å². The summed E-state index contributed by atoms with van der Waals surface area (Å²) in [5.74, 6) is -7.67. The fourth-order valence-electron chi connectivity index (χ4n) is 8.30. The molecule has 5 N–H and O–H groups in total. The smallest absolute Gasteiger partial charge is 0.329 e. The number of hydrogen-bond acceptors (Lipinski definition) is 13. The van der Waals surface area contributed by atoms with Crippen molar-refractivity contribution in [1.29, 1.82) is 0 Å². The third kappa shape index (κ3) is 15.2. The van der Waals surface area contributed by atoms with Crippen LogP contribution in [0, 0.1) is 29.6 Å². The fourth-order valence-corrected chi connectivity index (χ4v) is 8.30. The van der Waals surface area contributed by atoms with E-state index >= 15 is 0 Å². The lowest BCUT2D eigenvalue weighted by Crippen LogP contribution is -2.59. The number of aliphatic hydroxyl groups excluding tert-OH is 1. The summed E-state index contributed by atoms with van der Waals surface area (Å²) in [6.45, 7) is 15.3. The van der Waals surface area contributed by atoms with Crippen LogP contribution < -0.4 is 26.0 Å². The quantitative estimate of drug-likeness (QED) is 0.141. The average molecular weight is 929 g/mol. The minimum absolute atomic E-state index is 0.0428. The molecular formula is C48H76N6O12. The van der Waals surface area contributed by atoms with Crippen LogP contribution in [-0.2, 0) is 54.3 Å². The van der Waals surface area contributed by atoms with E-state index in [2.05, 4.69) is 21.3 Å². The van der Waals surface area contributed by atoms with E-state index in [9.17, 15) is 43.5 Å². The zero-order valence-electron chi connectivity index (χ0n) is 41.0. The number of fused-ring (bicyclic) bond motifs is 1. The van der Waals surface area contributed by atoms with Gasteiger partial charge in [-0.1, -0.05) is 73.9 Å². The van der Waals surface area contributed by atoms with E-state index in [1.807, 2.05) is 34.6 Å². The van der Waals surface area contributed by atoms with Crippen molar-refractivity contribution in [2.45, 2.75) is 156 Å². The number of rotatable bonds is 13. The Bertz CT molecular complexity index is 1840. The number of ether oxygens (including phenoxy) is 3. The van der Waals surface area contributed by atoms with Gasteiger partial charge in [-0.2, -0.15) is 0 Å². The zero-order chi connectivity index (χ0) is 49.6. The number of nitrogens with one attached hydrogen (secondary N) is 4. The number of aliphatic hydroxyl groups is 1. The van der Waals surface area contributed by atoms with Gasteiger partial charge in [-0.15, -0.1) is 0 Å². The van der Waals surface area contributed by atoms with E-state index in [1.54, 1.807) is 52.1 Å². The van der Waals surface area contributed by atoms with Gasteiger partial charge in [-0.3, -0.25) is 33.6 Å². The van der Waals surface area contributed by atoms with E-state index in [0.29, 0.717) is 30.6 Å². The molecule has 18 heteroatoms. The minimum Gasteiger partial charge on any atom is -0.497 e. The predicted molar refractivity (Wildman–Crippen MR) is 245 cm³/mol. The summed E-state index contributed by atoms with van der Waals surface area (Å²) in [4.78, 5) is 115. The molecule has 0 saturated carbocycles. The zero-order valence-corrected chi connectivity index (χ0v) is 41.0. The molecule has 66 heavy (non-hydrogen) atoms. The number of cyclic esters (lactones) is 2. The third-order valence-corrected chi connectivity index (χ3v) is 12.5. The molecule has 2 saturated heterocycles. The minimum atomic E-state index is -1.54. The van der Waals surface area contributed by atoms with Crippen molar-refractivity contribution < 1.29 is 57.7 Å². The molecule has 1 aromatic carbocycles. The second-order valence-electron chi connectivity index (χ2n) is 19.0. The van der Waals surface area contributed by atoms with Gasteiger partial charge in [0.15, 0.2) is 11.9 Å². The molecule has 18 nitrogen and oxygen atoms in total. The maximum absolute atomic E-state index is 14.6. The molecule has 370 valence electrons. The Kier molecular flexibility index (Phi) is 21.5. The highest BCUT2D eigenvalue weighted by Crippen LogP contribution is 2.25. The Morgan fingerprint density at radius 1 is 0.939 bits per heavy atom. The molecule has 0 bridgehead atoms. The van der Waals surface area contributed by atoms with Gasteiger partial charge >= 0.3 is 11.9 Å². The van der Waals surface area contributed by atoms with E-state index in [0.717, 1.165) is 0 Å². The Hall–Kier alpha value is -5.10. The van der Waals surface area contributed by atoms with Crippen molar-refractivity contribution in [2.75, 3.05) is 34.4 Å². The summed E-state index contributed by atoms with van der Waals surface area (Å²) in [7, 11) is 4.55. The highest BCUT2D eigenvalue weighted by atomic mass is 16.5. The lowest BCUT2D eigenvalue weighted by atomic mass is 9.91. The van der Waals surface area contributed by atoms with Crippen molar-refractivity contribution in [1.82, 2.24) is 31.1 Å². The van der Waals surface area contributed by atoms with E-state index in [1.165, 1.54) is 30.9 Å². The first-order chi connectivity index (χ1) is 31.0. The number of hydrogen-bond donors (Lipinski definition) is 5. The first-order valence-corrected chi connectivity index (χ1v) is 23.4. The predicted octanol–water partition coefficient (Wildman–Crippen LogP) is 2.32. The standard InChI is InChI=1S/C48H76N6O12/c1-13-29(8)40-38(55)24-39(56)66-42(28(6)7)41(57)30(9)43(58)50-34(22-27(4)5)46(61)54-20-14-15-36(54)47(62)53(11)37(23-31-16-18-32(64-12)19-17-31)48(63)65-25-35(45(60)52-40)51-44(59)33(49-10)21-26(2)3/h16-19,26-30,33-38,40,42,49,55H,13-15,20-25H2,1-12H3,(H,50,58)(H,51,59)(H,52,60)/t29-,30-,33+,34-,35-,36-,37-,38-,40+,42-/m0/s1. The average Bonchev–Trinajstić information content (AvgIpc) is 3.77. The summed E-state index contributed by atoms with van der Waals surface area (Å²) >= 11 is 0. The Morgan fingerprint density at radius 3 is 2.15 bits per heavy atom. The molecule has 10 atom stereocenters. The molecule has 2 fully saturated rings. The van der Waals surface area contributed by atoms with E-state index in [4.69, 9.17) is 14.2 Å². The van der Waals surface area contributed by atoms with Crippen LogP contribution in [0.25, 0.3) is 0 Å². The van der Waals surface area contributed by atoms with Crippen LogP contribution in [0.3, 0.4) is 0 Å². The van der Waals surface area contributed by atoms with Gasteiger partial charge in [0.2, 0.25) is 29.5 Å². The molecule has 1 aromatic rings. The van der Waals surface area contributed by atoms with E-state index in [-0.39, 0.29) is 37.6 Å². The lowest BCUT2D eigenvalue weighted by Gasteiger charge is -2.34. The molecule has 2 aliphatic heterocycles. The van der Waals surface area contributed by atoms with E-state index < -0.39 is 126 Å². The maximum Gasteiger partial charge on any atom is 0.329 e. The number of benzene rings is 1. The number of carbonyl (C=O) groups is 8. The van der Waals surface area contributed by atoms with Crippen LogP contribution in [0.5, 0.6) is 5.75 Å². The summed E-state index contributed by atoms with van der Waals surface area (Å²) in [6.07, 6.45) is -1.89. The molecule has 0 aliphatic carbocycles. The van der Waals surface area contributed by atoms with Gasteiger partial charge in [-0.25, -0.2) is 4.79 Å². The number of likely N-dealkylation sites (N-methyl/N-ethyl adjacent to an activating group) is 2. The third-order valence-electron chi connectivity index (χ3n) is 12.5. The molecule has 0 radical (unpaired) electrons. The Balaban J connectivity index is 2.19. The van der Waals surface area contributed by atoms with Crippen LogP contribution >= 0.6 is 0 Å². The molecule has 0 unspecified atom stereocenters. The summed E-state index contributed by atoms with van der Waals surface area (Å²) < 4.78 is 16.8. The van der Waals surface area contributed by atoms with Gasteiger partial charge < -0.3 is 50.4 Å². The van der Waals surface area contributed by atoms with Gasteiger partial charge in [0.1, 0.15) is 36.5 Å². The number of esters is 2. The molecule has 3 rings (SSSR count). The molecule has 2 aliphatic rings. The van der Waals surface area contributed by atoms with Crippen LogP contribution in [0.15, 0.2) is 24.3 Å². The molecule has 0 spiro atoms. The number of ketones is 1. The summed E-state index contributed by atoms with van der Waals surface area (Å²) in [5, 5.41) is 22.7. The highest BCUT2D eigenvalue weighted by molar-refractivity contribution is 6.05. The monoisotopic (exact) mass is 929 g/mol. The van der Waals surface area contributed by atoms with Gasteiger partial charge in [0.05, 0.1) is 37.6 Å². The summed E-state index contributed by atoms with van der Waals surface area (Å²) in [5.41, 5.74) is 0.634. The van der Waals surface area contributed by atoms with Crippen LogP contribution in [0.2, 0.25) is 0 Å². The number of carbonyl (C=O) groups excluding carboxylic acids is 8. The maximum atomic E-state index is 14.6. The fraction of sp³-hybridized carbons (Fsp3) is 0.708. The lowest BCUT2D eigenvalue weighted by molar-refractivity contribution is -0.162. The van der Waals surface area contributed by atoms with Crippen molar-refractivity contribution in [3.63, 3.8) is 0 Å². The largest absolute Gasteiger partial charge is 0.497 e. The molecule has 0 aromatic heterocycles. The SMILES string of the molecule is CC[C@H](C)[C@H]1NC(=O)[C@@H](NC(=O)[C@@H](CC(C)C)NC)COC(=O)[C@H](Cc2ccc(OC)cc2)N(C)C(=O)[C@@H]2CCCN2C(=O)[C@H](CC(C)C)NC(=O)[C@@H](C)C(=O)[C@H](C(C)C)OC(=O)C[C@@H]1O. The van der Waals surface area contributed by atoms with Crippen LogP contribution in [0.1, 0.15) is 106 Å². The second kappa shape index (κ2) is 25.7. The molecule has 5 amide bonds. The normalized spacial score (nSPS) is 26.9. The number of methoxy groups -OCH3 is 1. The summed E-state index contributed by atoms with van der Waals surface area (Å²) in [6, 6.07) is 0.103. The number of nitrogens with zero attached hydrogens (tertiary/aromatic N) is 2. The van der Waals surface area contributed by atoms with Crippen LogP contribution in [-0.4, -0.2) is 145 Å². The van der Waals surface area contributed by atoms with Crippen molar-refractivity contribution >= 4 is 47.3 Å². The Labute approximate surface area is 390 Å². The Morgan fingerprint density at radius 2 is 1.59 bits per heavy atom. The first kappa shape index (κ1) is 55.2. The first-order valence-electron chi connectivity index (χ1n) is 23.4. The highest BCUT2D eigenvalue weighted by Gasteiger charge is 2.43. The van der Waals surface area contributed by atoms with Gasteiger partial charge in [0, 0.05) is 20.0 Å². The number of Topliss-reactive ketones (excluding diaryl/α,β-unsaturated/α-hetero) is 1. The second-order valence-corrected chi connectivity index (χ2v) is 19.0. The molecule has 2 heterocycles. The van der Waals surface area contributed by atoms with Crippen molar-refractivity contribution in [3.05, 3.63) is 29.8 Å². The number of amides is 5. The van der Waals surface area contributed by atoms with Crippen molar-refractivity contribution in [3.8, 4) is 5.75 Å². The van der Waals surface area contributed by atoms with Gasteiger partial charge in [0.25, 0.3) is 0 Å². The molecular weight excluding hydrogens is 853 g/mol.